The number of nitrogens with one attached hydrogen (secondary N) is 1. The van der Waals surface area contributed by atoms with E-state index in [1.165, 1.54) is 0 Å². The van der Waals surface area contributed by atoms with E-state index < -0.39 is 30.0 Å². The van der Waals surface area contributed by atoms with Gasteiger partial charge in [-0.1, -0.05) is 23.2 Å². The molecule has 0 spiro atoms. The molecule has 114 valence electrons. The van der Waals surface area contributed by atoms with Crippen LogP contribution in [-0.2, 0) is 4.79 Å². The van der Waals surface area contributed by atoms with Crippen molar-refractivity contribution in [3.8, 4) is 0 Å². The van der Waals surface area contributed by atoms with Crippen LogP contribution in [0.25, 0.3) is 0 Å². The van der Waals surface area contributed by atoms with Crippen LogP contribution in [-0.4, -0.2) is 45.8 Å². The summed E-state index contributed by atoms with van der Waals surface area (Å²) in [7, 11) is 0. The first-order valence-electron chi connectivity index (χ1n) is 5.92. The highest BCUT2D eigenvalue weighted by Gasteiger charge is 2.39. The van der Waals surface area contributed by atoms with Crippen LogP contribution < -0.4 is 5.32 Å². The lowest BCUT2D eigenvalue weighted by atomic mass is 10.2. The van der Waals surface area contributed by atoms with Crippen molar-refractivity contribution in [2.24, 2.45) is 0 Å². The summed E-state index contributed by atoms with van der Waals surface area (Å²) in [4.78, 5) is 24.1. The summed E-state index contributed by atoms with van der Waals surface area (Å²) in [5, 5.41) is 20.3. The number of β-amino-alcohol motifs (C(OH)–C–C–N with tert-alkyl or cyclic N) is 1. The Labute approximate surface area is 129 Å². The first-order chi connectivity index (χ1) is 9.79. The van der Waals surface area contributed by atoms with Gasteiger partial charge in [0.15, 0.2) is 5.82 Å². The lowest BCUT2D eigenvalue weighted by molar-refractivity contribution is -0.141. The summed E-state index contributed by atoms with van der Waals surface area (Å²) in [5.74, 6) is -2.02. The number of halogens is 3. The Balaban J connectivity index is 2.16. The summed E-state index contributed by atoms with van der Waals surface area (Å²) >= 11 is 11.2. The van der Waals surface area contributed by atoms with Crippen LogP contribution in [0.3, 0.4) is 0 Å². The normalized spacial score (nSPS) is 21.4. The minimum atomic E-state index is -1.21. The summed E-state index contributed by atoms with van der Waals surface area (Å²) in [6, 6.07) is 0.454. The van der Waals surface area contributed by atoms with Crippen molar-refractivity contribution >= 4 is 40.9 Å². The van der Waals surface area contributed by atoms with Crippen molar-refractivity contribution in [2.45, 2.75) is 18.6 Å². The van der Waals surface area contributed by atoms with Crippen LogP contribution in [0.15, 0.2) is 12.1 Å². The first-order valence-corrected chi connectivity index (χ1v) is 6.68. The Hall–Kier alpha value is -1.57. The van der Waals surface area contributed by atoms with Crippen LogP contribution in [0.1, 0.15) is 6.42 Å². The number of urea groups is 1. The molecule has 1 saturated heterocycles. The molecule has 1 aliphatic heterocycles. The van der Waals surface area contributed by atoms with Crippen LogP contribution in [0.4, 0.5) is 14.9 Å². The Kier molecular flexibility index (Phi) is 4.55. The number of likely N-dealkylation sites (tertiary alicyclic amines) is 1. The number of benzene rings is 1. The van der Waals surface area contributed by atoms with Crippen molar-refractivity contribution in [2.75, 3.05) is 11.9 Å². The zero-order chi connectivity index (χ0) is 15.7. The van der Waals surface area contributed by atoms with E-state index in [0.29, 0.717) is 0 Å². The SMILES string of the molecule is O=C(O)C1CC(O)CN1C(=O)Nc1cc(Cl)c(F)c(Cl)c1. The molecule has 2 amide bonds. The van der Waals surface area contributed by atoms with Gasteiger partial charge in [0.1, 0.15) is 6.04 Å². The molecule has 1 aliphatic rings. The van der Waals surface area contributed by atoms with Crippen molar-refractivity contribution < 1.29 is 24.2 Å². The molecule has 6 nitrogen and oxygen atoms in total. The Morgan fingerprint density at radius 1 is 1.33 bits per heavy atom. The van der Waals surface area contributed by atoms with E-state index in [1.54, 1.807) is 0 Å². The molecule has 21 heavy (non-hydrogen) atoms. The zero-order valence-electron chi connectivity index (χ0n) is 10.5. The summed E-state index contributed by atoms with van der Waals surface area (Å²) in [6.07, 6.45) is -0.953. The van der Waals surface area contributed by atoms with Crippen LogP contribution in [0.5, 0.6) is 0 Å². The lowest BCUT2D eigenvalue weighted by Gasteiger charge is -2.21. The van der Waals surface area contributed by atoms with E-state index >= 15 is 0 Å². The minimum absolute atomic E-state index is 0.0479. The molecule has 0 bridgehead atoms. The molecule has 1 aromatic carbocycles. The van der Waals surface area contributed by atoms with Gasteiger partial charge in [-0.3, -0.25) is 0 Å². The lowest BCUT2D eigenvalue weighted by Crippen LogP contribution is -2.43. The first kappa shape index (κ1) is 15.8. The third-order valence-electron chi connectivity index (χ3n) is 3.06. The van der Waals surface area contributed by atoms with E-state index in [9.17, 15) is 19.1 Å². The van der Waals surface area contributed by atoms with Gasteiger partial charge < -0.3 is 20.4 Å². The predicted molar refractivity (Wildman–Crippen MR) is 74.2 cm³/mol. The van der Waals surface area contributed by atoms with E-state index in [4.69, 9.17) is 28.3 Å². The largest absolute Gasteiger partial charge is 0.480 e. The fraction of sp³-hybridized carbons (Fsp3) is 0.333. The molecule has 1 heterocycles. The van der Waals surface area contributed by atoms with Crippen molar-refractivity contribution in [3.05, 3.63) is 28.0 Å². The van der Waals surface area contributed by atoms with Gasteiger partial charge in [-0.15, -0.1) is 0 Å². The fourth-order valence-electron chi connectivity index (χ4n) is 2.10. The maximum atomic E-state index is 13.3. The Morgan fingerprint density at radius 2 is 1.90 bits per heavy atom. The maximum Gasteiger partial charge on any atom is 0.326 e. The van der Waals surface area contributed by atoms with Gasteiger partial charge in [-0.25, -0.2) is 14.0 Å². The highest BCUT2D eigenvalue weighted by Crippen LogP contribution is 2.28. The molecule has 0 saturated carbocycles. The maximum absolute atomic E-state index is 13.3. The smallest absolute Gasteiger partial charge is 0.326 e. The van der Waals surface area contributed by atoms with Gasteiger partial charge in [0, 0.05) is 18.7 Å². The highest BCUT2D eigenvalue weighted by molar-refractivity contribution is 6.35. The third-order valence-corrected chi connectivity index (χ3v) is 3.61. The molecule has 1 aromatic rings. The number of carboxylic acid groups (broad SMARTS) is 1. The molecule has 2 rings (SSSR count). The average molecular weight is 337 g/mol. The van der Waals surface area contributed by atoms with E-state index in [1.807, 2.05) is 0 Å². The Bertz CT molecular complexity index is 576. The molecule has 0 radical (unpaired) electrons. The second-order valence-electron chi connectivity index (χ2n) is 4.58. The molecule has 2 unspecified atom stereocenters. The Morgan fingerprint density at radius 3 is 2.43 bits per heavy atom. The number of amides is 2. The quantitative estimate of drug-likeness (QED) is 0.722. The van der Waals surface area contributed by atoms with Crippen molar-refractivity contribution in [3.63, 3.8) is 0 Å². The third kappa shape index (κ3) is 3.37. The number of carboxylic acids is 1. The minimum Gasteiger partial charge on any atom is -0.480 e. The molecule has 3 N–H and O–H groups in total. The highest BCUT2D eigenvalue weighted by atomic mass is 35.5. The van der Waals surface area contributed by atoms with Gasteiger partial charge in [0.25, 0.3) is 0 Å². The number of aliphatic hydroxyl groups excluding tert-OH is 1. The number of hydrogen-bond acceptors (Lipinski definition) is 3. The van der Waals surface area contributed by atoms with Crippen LogP contribution >= 0.6 is 23.2 Å². The molecular weight excluding hydrogens is 326 g/mol. The molecular formula is C12H11Cl2FN2O4. The zero-order valence-corrected chi connectivity index (χ0v) is 12.0. The monoisotopic (exact) mass is 336 g/mol. The predicted octanol–water partition coefficient (Wildman–Crippen LogP) is 2.18. The number of anilines is 1. The molecule has 9 heteroatoms. The number of carbonyl (C=O) groups excluding carboxylic acids is 1. The summed E-state index contributed by atoms with van der Waals surface area (Å²) < 4.78 is 13.3. The van der Waals surface area contributed by atoms with Gasteiger partial charge in [0.05, 0.1) is 16.1 Å². The van der Waals surface area contributed by atoms with E-state index in [-0.39, 0.29) is 28.7 Å². The number of aliphatic hydroxyl groups is 1. The molecule has 2 atom stereocenters. The number of carbonyl (C=O) groups is 2. The van der Waals surface area contributed by atoms with Crippen LogP contribution in [0.2, 0.25) is 10.0 Å². The van der Waals surface area contributed by atoms with Gasteiger partial charge in [-0.2, -0.15) is 0 Å². The molecule has 1 fully saturated rings. The fourth-order valence-corrected chi connectivity index (χ4v) is 2.58. The van der Waals surface area contributed by atoms with Gasteiger partial charge in [0.2, 0.25) is 0 Å². The number of hydrogen-bond donors (Lipinski definition) is 3. The molecule has 0 aromatic heterocycles. The summed E-state index contributed by atoms with van der Waals surface area (Å²) in [5.41, 5.74) is 0.127. The van der Waals surface area contributed by atoms with E-state index in [2.05, 4.69) is 5.32 Å². The van der Waals surface area contributed by atoms with Crippen molar-refractivity contribution in [1.29, 1.82) is 0 Å². The average Bonchev–Trinajstić information content (AvgIpc) is 2.78. The second kappa shape index (κ2) is 6.05. The number of aliphatic carboxylic acids is 1. The van der Waals surface area contributed by atoms with Crippen molar-refractivity contribution in [1.82, 2.24) is 4.90 Å². The van der Waals surface area contributed by atoms with Gasteiger partial charge >= 0.3 is 12.0 Å². The summed E-state index contributed by atoms with van der Waals surface area (Å²) in [6.45, 7) is -0.106. The van der Waals surface area contributed by atoms with Crippen LogP contribution in [0, 0.1) is 5.82 Å². The number of rotatable bonds is 2. The molecule has 0 aliphatic carbocycles. The topological polar surface area (TPSA) is 89.9 Å². The standard InChI is InChI=1S/C12H11Cl2FN2O4/c13-7-1-5(2-8(14)10(7)15)16-12(21)17-4-6(18)3-9(17)11(19)20/h1-2,6,9,18H,3-4H2,(H,16,21)(H,19,20). The van der Waals surface area contributed by atoms with Gasteiger partial charge in [-0.05, 0) is 12.1 Å². The van der Waals surface area contributed by atoms with E-state index in [0.717, 1.165) is 17.0 Å². The second-order valence-corrected chi connectivity index (χ2v) is 5.39. The number of nitrogens with zero attached hydrogens (tertiary/aromatic N) is 1.